The van der Waals surface area contributed by atoms with Crippen molar-refractivity contribution in [3.8, 4) is 11.3 Å². The Morgan fingerprint density at radius 2 is 2.12 bits per heavy atom. The molecule has 2 aromatic rings. The minimum Gasteiger partial charge on any atom is -0.464 e. The Labute approximate surface area is 100 Å². The van der Waals surface area contributed by atoms with Crippen LogP contribution in [-0.4, -0.2) is 4.92 Å². The lowest BCUT2D eigenvalue weighted by molar-refractivity contribution is -0.385. The summed E-state index contributed by atoms with van der Waals surface area (Å²) in [6.07, 6.45) is 1.55. The third kappa shape index (κ3) is 1.86. The molecule has 16 heavy (non-hydrogen) atoms. The van der Waals surface area contributed by atoms with E-state index in [-0.39, 0.29) is 10.6 Å². The molecule has 0 spiro atoms. The van der Waals surface area contributed by atoms with E-state index in [2.05, 4.69) is 15.9 Å². The Morgan fingerprint density at radius 3 is 2.69 bits per heavy atom. The number of hydrogen-bond acceptors (Lipinski definition) is 3. The van der Waals surface area contributed by atoms with Gasteiger partial charge in [0.1, 0.15) is 5.76 Å². The normalized spacial score (nSPS) is 10.3. The lowest BCUT2D eigenvalue weighted by Crippen LogP contribution is -1.95. The molecule has 0 N–H and O–H groups in total. The molecule has 0 unspecified atom stereocenters. The second-order valence-electron chi connectivity index (χ2n) is 3.17. The van der Waals surface area contributed by atoms with E-state index in [0.29, 0.717) is 16.7 Å². The first-order valence-electron chi connectivity index (χ1n) is 4.60. The van der Waals surface area contributed by atoms with E-state index in [9.17, 15) is 10.1 Å². The number of nitrogens with zero attached hydrogens (tertiary/aromatic N) is 1. The minimum absolute atomic E-state index is 0.103. The Kier molecular flexibility index (Phi) is 3.05. The number of nitro benzene ring substituents is 1. The number of hydrogen-bond donors (Lipinski definition) is 0. The Bertz CT molecular complexity index is 508. The highest BCUT2D eigenvalue weighted by Crippen LogP contribution is 2.32. The fraction of sp³-hybridized carbons (Fsp3) is 0.0909. The molecule has 1 heterocycles. The highest BCUT2D eigenvalue weighted by Gasteiger charge is 2.18. The highest BCUT2D eigenvalue weighted by molar-refractivity contribution is 9.08. The molecule has 0 atom stereocenters. The van der Waals surface area contributed by atoms with E-state index < -0.39 is 0 Å². The maximum Gasteiger partial charge on any atom is 0.274 e. The summed E-state index contributed by atoms with van der Waals surface area (Å²) in [7, 11) is 0. The van der Waals surface area contributed by atoms with Crippen LogP contribution in [-0.2, 0) is 5.33 Å². The third-order valence-corrected chi connectivity index (χ3v) is 2.83. The molecular weight excluding hydrogens is 274 g/mol. The minimum atomic E-state index is -0.386. The smallest absolute Gasteiger partial charge is 0.274 e. The van der Waals surface area contributed by atoms with E-state index in [1.165, 1.54) is 6.07 Å². The van der Waals surface area contributed by atoms with Crippen molar-refractivity contribution in [2.24, 2.45) is 0 Å². The van der Waals surface area contributed by atoms with Crippen LogP contribution >= 0.6 is 15.9 Å². The number of nitro groups is 1. The van der Waals surface area contributed by atoms with Crippen molar-refractivity contribution in [1.82, 2.24) is 0 Å². The van der Waals surface area contributed by atoms with Crippen molar-refractivity contribution in [1.29, 1.82) is 0 Å². The molecule has 82 valence electrons. The Morgan fingerprint density at radius 1 is 1.31 bits per heavy atom. The third-order valence-electron chi connectivity index (χ3n) is 2.27. The first-order valence-corrected chi connectivity index (χ1v) is 5.72. The summed E-state index contributed by atoms with van der Waals surface area (Å²) in [6, 6.07) is 8.49. The molecule has 0 bridgehead atoms. The van der Waals surface area contributed by atoms with Gasteiger partial charge in [0, 0.05) is 17.0 Å². The van der Waals surface area contributed by atoms with Gasteiger partial charge in [0.25, 0.3) is 5.69 Å². The molecule has 4 nitrogen and oxygen atoms in total. The van der Waals surface area contributed by atoms with Crippen molar-refractivity contribution in [3.63, 3.8) is 0 Å². The molecule has 0 saturated heterocycles. The first-order chi connectivity index (χ1) is 7.74. The zero-order valence-electron chi connectivity index (χ0n) is 8.22. The van der Waals surface area contributed by atoms with Crippen LogP contribution in [0.1, 0.15) is 5.56 Å². The van der Waals surface area contributed by atoms with E-state index in [1.54, 1.807) is 24.5 Å². The molecule has 0 radical (unpaired) electrons. The Balaban J connectivity index is 2.62. The number of halogens is 1. The van der Waals surface area contributed by atoms with Crippen LogP contribution < -0.4 is 0 Å². The van der Waals surface area contributed by atoms with Crippen LogP contribution in [0.5, 0.6) is 0 Å². The lowest BCUT2D eigenvalue weighted by Gasteiger charge is -2.04. The molecule has 0 aliphatic carbocycles. The fourth-order valence-corrected chi connectivity index (χ4v) is 2.14. The summed E-state index contributed by atoms with van der Waals surface area (Å²) in [5.74, 6) is 0.637. The first kappa shape index (κ1) is 10.9. The molecule has 1 aromatic heterocycles. The number of rotatable bonds is 3. The molecule has 1 aromatic carbocycles. The summed E-state index contributed by atoms with van der Waals surface area (Å²) in [6.45, 7) is 0. The molecule has 0 saturated carbocycles. The van der Waals surface area contributed by atoms with Crippen LogP contribution in [0.4, 0.5) is 5.69 Å². The topological polar surface area (TPSA) is 56.3 Å². The van der Waals surface area contributed by atoms with Gasteiger partial charge in [-0.2, -0.15) is 0 Å². The van der Waals surface area contributed by atoms with Crippen molar-refractivity contribution < 1.29 is 9.34 Å². The van der Waals surface area contributed by atoms with Gasteiger partial charge in [0.05, 0.1) is 16.7 Å². The van der Waals surface area contributed by atoms with Crippen LogP contribution in [0.25, 0.3) is 11.3 Å². The van der Waals surface area contributed by atoms with Gasteiger partial charge in [0.2, 0.25) is 0 Å². The summed E-state index contributed by atoms with van der Waals surface area (Å²) in [5.41, 5.74) is 1.48. The molecule has 0 amide bonds. The van der Waals surface area contributed by atoms with E-state index in [1.807, 2.05) is 6.07 Å². The lowest BCUT2D eigenvalue weighted by atomic mass is 10.0. The van der Waals surface area contributed by atoms with Crippen LogP contribution in [0.3, 0.4) is 0 Å². The molecular formula is C11H8BrNO3. The van der Waals surface area contributed by atoms with Crippen LogP contribution in [0, 0.1) is 10.1 Å². The van der Waals surface area contributed by atoms with Gasteiger partial charge >= 0.3 is 0 Å². The van der Waals surface area contributed by atoms with Crippen molar-refractivity contribution in [2.45, 2.75) is 5.33 Å². The monoisotopic (exact) mass is 281 g/mol. The zero-order valence-corrected chi connectivity index (χ0v) is 9.81. The van der Waals surface area contributed by atoms with Crippen molar-refractivity contribution in [2.75, 3.05) is 0 Å². The second kappa shape index (κ2) is 4.49. The SMILES string of the molecule is O=[N+]([O-])c1cccc(-c2ccco2)c1CBr. The molecule has 0 aliphatic rings. The van der Waals surface area contributed by atoms with Crippen molar-refractivity contribution >= 4 is 21.6 Å². The van der Waals surface area contributed by atoms with Gasteiger partial charge in [-0.3, -0.25) is 10.1 Å². The van der Waals surface area contributed by atoms with Gasteiger partial charge in [-0.1, -0.05) is 28.1 Å². The number of furan rings is 1. The molecule has 0 aliphatic heterocycles. The van der Waals surface area contributed by atoms with E-state index in [4.69, 9.17) is 4.42 Å². The maximum absolute atomic E-state index is 10.9. The average Bonchev–Trinajstić information content (AvgIpc) is 2.81. The molecule has 5 heteroatoms. The van der Waals surface area contributed by atoms with Gasteiger partial charge in [-0.25, -0.2) is 0 Å². The standard InChI is InChI=1S/C11H8BrNO3/c12-7-9-8(11-5-2-6-16-11)3-1-4-10(9)13(14)15/h1-6H,7H2. The predicted molar refractivity (Wildman–Crippen MR) is 63.4 cm³/mol. The van der Waals surface area contributed by atoms with Gasteiger partial charge in [0.15, 0.2) is 0 Å². The van der Waals surface area contributed by atoms with E-state index >= 15 is 0 Å². The average molecular weight is 282 g/mol. The number of alkyl halides is 1. The summed E-state index contributed by atoms with van der Waals surface area (Å²) in [4.78, 5) is 10.5. The second-order valence-corrected chi connectivity index (χ2v) is 3.73. The van der Waals surface area contributed by atoms with Gasteiger partial charge in [-0.05, 0) is 12.1 Å². The molecule has 2 rings (SSSR count). The van der Waals surface area contributed by atoms with E-state index in [0.717, 1.165) is 5.56 Å². The fourth-order valence-electron chi connectivity index (χ4n) is 1.55. The summed E-state index contributed by atoms with van der Waals surface area (Å²) < 4.78 is 5.25. The maximum atomic E-state index is 10.9. The largest absolute Gasteiger partial charge is 0.464 e. The van der Waals surface area contributed by atoms with Gasteiger partial charge < -0.3 is 4.42 Å². The predicted octanol–water partition coefficient (Wildman–Crippen LogP) is 3.75. The zero-order chi connectivity index (χ0) is 11.5. The summed E-state index contributed by atoms with van der Waals surface area (Å²) in [5, 5.41) is 11.3. The van der Waals surface area contributed by atoms with Gasteiger partial charge in [-0.15, -0.1) is 0 Å². The quantitative estimate of drug-likeness (QED) is 0.489. The van der Waals surface area contributed by atoms with Crippen LogP contribution in [0.15, 0.2) is 41.0 Å². The summed E-state index contributed by atoms with van der Waals surface area (Å²) >= 11 is 3.27. The van der Waals surface area contributed by atoms with Crippen molar-refractivity contribution in [3.05, 3.63) is 52.3 Å². The van der Waals surface area contributed by atoms with Crippen LogP contribution in [0.2, 0.25) is 0 Å². The molecule has 0 fully saturated rings. The highest BCUT2D eigenvalue weighted by atomic mass is 79.9. The number of benzene rings is 1. The Hall–Kier alpha value is -1.62.